The number of benzene rings is 4. The van der Waals surface area contributed by atoms with Crippen molar-refractivity contribution in [3.05, 3.63) is 77.5 Å². The van der Waals surface area contributed by atoms with Gasteiger partial charge in [0.05, 0.1) is 63.4 Å². The molecule has 7 heteroatoms. The minimum absolute atomic E-state index is 0.112. The van der Waals surface area contributed by atoms with E-state index in [-0.39, 0.29) is 13.2 Å². The van der Waals surface area contributed by atoms with Crippen molar-refractivity contribution in [2.24, 2.45) is 7.05 Å². The number of pyridine rings is 1. The highest BCUT2D eigenvalue weighted by Crippen LogP contribution is 2.46. The van der Waals surface area contributed by atoms with Crippen LogP contribution in [0, 0.1) is 0 Å². The van der Waals surface area contributed by atoms with Crippen LogP contribution < -0.4 is 18.9 Å². The van der Waals surface area contributed by atoms with Gasteiger partial charge in [0.2, 0.25) is 5.52 Å². The molecule has 41 heavy (non-hydrogen) atoms. The van der Waals surface area contributed by atoms with Crippen LogP contribution in [-0.4, -0.2) is 57.3 Å². The molecule has 6 rings (SSSR count). The molecule has 0 amide bonds. The Kier molecular flexibility index (Phi) is 7.77. The molecule has 0 aliphatic carbocycles. The predicted octanol–water partition coefficient (Wildman–Crippen LogP) is 3.10. The number of ether oxygens (including phenoxy) is 3. The van der Waals surface area contributed by atoms with Crippen molar-refractivity contribution < 1.29 is 33.9 Å². The van der Waals surface area contributed by atoms with Gasteiger partial charge in [-0.25, -0.2) is 0 Å². The Bertz CT molecular complexity index is 1730. The van der Waals surface area contributed by atoms with E-state index in [9.17, 15) is 10.2 Å². The first-order valence-corrected chi connectivity index (χ1v) is 14.2. The van der Waals surface area contributed by atoms with Crippen molar-refractivity contribution in [3.8, 4) is 22.6 Å². The molecule has 1 aliphatic rings. The Hall–Kier alpha value is -3.75. The highest BCUT2D eigenvalue weighted by atomic mass is 16.5. The first-order chi connectivity index (χ1) is 20.1. The lowest BCUT2D eigenvalue weighted by Crippen LogP contribution is -3.14. The molecule has 3 N–H and O–H groups in total. The summed E-state index contributed by atoms with van der Waals surface area (Å²) >= 11 is 0. The van der Waals surface area contributed by atoms with Crippen molar-refractivity contribution in [2.75, 3.05) is 47.1 Å². The fourth-order valence-electron chi connectivity index (χ4n) is 6.41. The number of morpholine rings is 1. The maximum Gasteiger partial charge on any atom is 0.220 e. The van der Waals surface area contributed by atoms with Crippen LogP contribution in [0.25, 0.3) is 43.6 Å². The van der Waals surface area contributed by atoms with E-state index < -0.39 is 0 Å². The van der Waals surface area contributed by atoms with Gasteiger partial charge >= 0.3 is 0 Å². The van der Waals surface area contributed by atoms with Gasteiger partial charge in [0.1, 0.15) is 20.1 Å². The zero-order valence-electron chi connectivity index (χ0n) is 24.0. The molecule has 1 aliphatic heterocycles. The van der Waals surface area contributed by atoms with Crippen molar-refractivity contribution in [3.63, 3.8) is 0 Å². The molecule has 1 saturated heterocycles. The summed E-state index contributed by atoms with van der Waals surface area (Å²) in [5.41, 5.74) is 5.95. The summed E-state index contributed by atoms with van der Waals surface area (Å²) in [7, 11) is 5.39. The number of fused-ring (bicyclic) bond motifs is 5. The number of hydrogen-bond donors (Lipinski definition) is 3. The smallest absolute Gasteiger partial charge is 0.220 e. The van der Waals surface area contributed by atoms with Crippen LogP contribution >= 0.6 is 0 Å². The summed E-state index contributed by atoms with van der Waals surface area (Å²) in [5.74, 6) is 1.39. The monoisotopic (exact) mass is 554 g/mol. The zero-order valence-corrected chi connectivity index (χ0v) is 24.0. The normalized spacial score (nSPS) is 14.3. The minimum atomic E-state index is -0.134. The van der Waals surface area contributed by atoms with Crippen LogP contribution in [0.15, 0.2) is 60.8 Å². The van der Waals surface area contributed by atoms with Crippen molar-refractivity contribution in [1.29, 1.82) is 0 Å². The van der Waals surface area contributed by atoms with Crippen LogP contribution in [0.1, 0.15) is 16.7 Å². The largest absolute Gasteiger partial charge is 0.493 e. The summed E-state index contributed by atoms with van der Waals surface area (Å²) in [6.45, 7) is 4.73. The van der Waals surface area contributed by atoms with Gasteiger partial charge in [0.25, 0.3) is 0 Å². The molecule has 1 aromatic heterocycles. The molecule has 4 aromatic carbocycles. The van der Waals surface area contributed by atoms with Gasteiger partial charge in [-0.2, -0.15) is 4.57 Å². The van der Waals surface area contributed by atoms with E-state index in [4.69, 9.17) is 14.2 Å². The van der Waals surface area contributed by atoms with Crippen LogP contribution in [0.3, 0.4) is 0 Å². The summed E-state index contributed by atoms with van der Waals surface area (Å²) < 4.78 is 19.4. The van der Waals surface area contributed by atoms with Gasteiger partial charge in [-0.15, -0.1) is 0 Å². The molecule has 0 spiro atoms. The topological polar surface area (TPSA) is 76.5 Å². The number of nitrogens with zero attached hydrogens (tertiary/aromatic N) is 1. The molecule has 0 radical (unpaired) electrons. The maximum absolute atomic E-state index is 10.1. The molecule has 5 aromatic rings. The maximum atomic E-state index is 10.1. The highest BCUT2D eigenvalue weighted by molar-refractivity contribution is 6.17. The van der Waals surface area contributed by atoms with E-state index in [1.807, 2.05) is 25.4 Å². The van der Waals surface area contributed by atoms with Gasteiger partial charge < -0.3 is 29.3 Å². The van der Waals surface area contributed by atoms with E-state index in [2.05, 4.69) is 47.0 Å². The Morgan fingerprint density at radius 3 is 2.24 bits per heavy atom. The van der Waals surface area contributed by atoms with E-state index in [0.29, 0.717) is 11.5 Å². The van der Waals surface area contributed by atoms with E-state index in [0.717, 1.165) is 94.0 Å². The Morgan fingerprint density at radius 2 is 1.56 bits per heavy atom. The predicted molar refractivity (Wildman–Crippen MR) is 161 cm³/mol. The number of methoxy groups -OCH3 is 2. The molecule has 0 saturated carbocycles. The van der Waals surface area contributed by atoms with Crippen LogP contribution in [0.4, 0.5) is 0 Å². The number of aliphatic hydroxyl groups is 2. The lowest BCUT2D eigenvalue weighted by Gasteiger charge is -2.23. The molecule has 2 heterocycles. The fraction of sp³-hybridized carbons (Fsp3) is 0.324. The number of aryl methyl sites for hydroxylation is 1. The van der Waals surface area contributed by atoms with Crippen LogP contribution in [0.2, 0.25) is 0 Å². The summed E-state index contributed by atoms with van der Waals surface area (Å²) in [6.07, 6.45) is 3.08. The van der Waals surface area contributed by atoms with Gasteiger partial charge in [-0.3, -0.25) is 0 Å². The number of aliphatic hydroxyl groups excluding tert-OH is 2. The molecule has 0 atom stereocenters. The number of aromatic nitrogens is 1. The molecular formula is C34H38N2O5+2. The number of nitrogens with one attached hydrogen (secondary N) is 1. The second-order valence-electron chi connectivity index (χ2n) is 10.8. The Labute approximate surface area is 240 Å². The first-order valence-electron chi connectivity index (χ1n) is 14.2. The number of quaternary nitrogens is 1. The lowest BCUT2D eigenvalue weighted by molar-refractivity contribution is -0.907. The standard InChI is InChI=1S/C34H37N2O5/c1-35-19-29-25(9-8-24(20-37)30(29)21-38)27-11-10-26-28(33(27)35)18-31(39-2)34(40-3)32(26)23-6-4-22(5-7-23)12-13-36-14-16-41-17-15-36/h4-11,18-19,37-38H,12-17,20-21H2,1-3H3/q+1/p+1. The van der Waals surface area contributed by atoms with Crippen LogP contribution in [-0.2, 0) is 31.4 Å². The molecule has 7 nitrogen and oxygen atoms in total. The van der Waals surface area contributed by atoms with Crippen LogP contribution in [0.5, 0.6) is 11.5 Å². The van der Waals surface area contributed by atoms with Crippen molar-refractivity contribution >= 4 is 32.4 Å². The summed E-state index contributed by atoms with van der Waals surface area (Å²) in [4.78, 5) is 1.60. The third-order valence-corrected chi connectivity index (χ3v) is 8.59. The lowest BCUT2D eigenvalue weighted by atomic mass is 9.92. The van der Waals surface area contributed by atoms with Crippen molar-refractivity contribution in [2.45, 2.75) is 19.6 Å². The van der Waals surface area contributed by atoms with E-state index >= 15 is 0 Å². The average molecular weight is 555 g/mol. The summed E-state index contributed by atoms with van der Waals surface area (Å²) in [6, 6.07) is 19.1. The van der Waals surface area contributed by atoms with E-state index in [1.54, 1.807) is 19.1 Å². The molecule has 212 valence electrons. The average Bonchev–Trinajstić information content (AvgIpc) is 3.02. The third-order valence-electron chi connectivity index (χ3n) is 8.59. The number of rotatable bonds is 8. The van der Waals surface area contributed by atoms with Gasteiger partial charge in [0, 0.05) is 22.8 Å². The molecule has 0 unspecified atom stereocenters. The quantitative estimate of drug-likeness (QED) is 0.203. The molecular weight excluding hydrogens is 516 g/mol. The second kappa shape index (κ2) is 11.6. The second-order valence-corrected chi connectivity index (χ2v) is 10.8. The third kappa shape index (κ3) is 4.89. The van der Waals surface area contributed by atoms with Gasteiger partial charge in [-0.1, -0.05) is 42.5 Å². The number of hydrogen-bond acceptors (Lipinski definition) is 5. The minimum Gasteiger partial charge on any atom is -0.493 e. The Balaban J connectivity index is 1.51. The first kappa shape index (κ1) is 27.4. The van der Waals surface area contributed by atoms with Gasteiger partial charge in [-0.05, 0) is 34.4 Å². The van der Waals surface area contributed by atoms with Gasteiger partial charge in [0.15, 0.2) is 17.7 Å². The Morgan fingerprint density at radius 1 is 0.829 bits per heavy atom. The SMILES string of the molecule is COc1cc2c(ccc3c4ccc(CO)c(CO)c4c[n+](C)c23)c(-c2ccc(CC[NH+]3CCOCC3)cc2)c1OC. The summed E-state index contributed by atoms with van der Waals surface area (Å²) in [5, 5.41) is 25.1. The highest BCUT2D eigenvalue weighted by Gasteiger charge is 2.23. The van der Waals surface area contributed by atoms with Crippen molar-refractivity contribution in [1.82, 2.24) is 0 Å². The fourth-order valence-corrected chi connectivity index (χ4v) is 6.41. The zero-order chi connectivity index (χ0) is 28.5. The van der Waals surface area contributed by atoms with E-state index in [1.165, 1.54) is 5.56 Å². The molecule has 1 fully saturated rings. The molecule has 0 bridgehead atoms.